The van der Waals surface area contributed by atoms with E-state index in [2.05, 4.69) is 89.5 Å². The highest BCUT2D eigenvalue weighted by molar-refractivity contribution is 7.99. The fourth-order valence-electron chi connectivity index (χ4n) is 5.91. The maximum atomic E-state index is 13.8. The number of thioether (sulfide) groups is 1. The molecule has 288 valence electrons. The molecule has 0 atom stereocenters. The van der Waals surface area contributed by atoms with Gasteiger partial charge in [-0.15, -0.1) is 11.8 Å². The fraction of sp³-hybridized carbons (Fsp3) is 0.415. The Bertz CT molecular complexity index is 1920. The van der Waals surface area contributed by atoms with Crippen molar-refractivity contribution in [1.29, 1.82) is 0 Å². The van der Waals surface area contributed by atoms with Crippen LogP contribution in [0.3, 0.4) is 0 Å². The second-order valence-electron chi connectivity index (χ2n) is 15.5. The Balaban J connectivity index is 1.32. The molecule has 0 fully saturated rings. The molecule has 3 aromatic rings. The SMILES string of the molecule is CC(C)(C)c1cc(N)c(C=CCCCNC2=NCCN2)c(NC(=O)c2cccc(C(=O)Nc3cc(C(C)(C)C)cc(N)c3SCCNC3=NCCN3)c2)c1. The fourth-order valence-corrected chi connectivity index (χ4v) is 6.81. The Labute approximate surface area is 323 Å². The molecule has 0 radical (unpaired) electrons. The molecule has 0 spiro atoms. The number of nitrogens with zero attached hydrogens (tertiary/aromatic N) is 2. The Morgan fingerprint density at radius 1 is 0.778 bits per heavy atom. The number of rotatable bonds is 13. The summed E-state index contributed by atoms with van der Waals surface area (Å²) in [7, 11) is 0. The zero-order valence-corrected chi connectivity index (χ0v) is 33.2. The number of guanidine groups is 2. The molecule has 2 aliphatic heterocycles. The lowest BCUT2D eigenvalue weighted by Gasteiger charge is -2.23. The highest BCUT2D eigenvalue weighted by Crippen LogP contribution is 2.38. The highest BCUT2D eigenvalue weighted by Gasteiger charge is 2.22. The normalized spacial score (nSPS) is 14.3. The van der Waals surface area contributed by atoms with Crippen LogP contribution in [0.1, 0.15) is 91.8 Å². The summed E-state index contributed by atoms with van der Waals surface area (Å²) in [6.07, 6.45) is 5.77. The number of anilines is 4. The lowest BCUT2D eigenvalue weighted by molar-refractivity contribution is 0.102. The Morgan fingerprint density at radius 3 is 1.91 bits per heavy atom. The predicted octanol–water partition coefficient (Wildman–Crippen LogP) is 5.93. The van der Waals surface area contributed by atoms with Crippen LogP contribution in [0.4, 0.5) is 22.7 Å². The third-order valence-electron chi connectivity index (χ3n) is 9.06. The third kappa shape index (κ3) is 10.9. The van der Waals surface area contributed by atoms with E-state index >= 15 is 0 Å². The molecule has 0 bridgehead atoms. The molecule has 2 amide bonds. The smallest absolute Gasteiger partial charge is 0.255 e. The minimum Gasteiger partial charge on any atom is -0.398 e. The average Bonchev–Trinajstić information content (AvgIpc) is 3.84. The van der Waals surface area contributed by atoms with Gasteiger partial charge >= 0.3 is 0 Å². The summed E-state index contributed by atoms with van der Waals surface area (Å²) in [5.41, 5.74) is 18.7. The number of hydrogen-bond donors (Lipinski definition) is 8. The molecule has 13 heteroatoms. The molecule has 10 N–H and O–H groups in total. The van der Waals surface area contributed by atoms with Crippen molar-refractivity contribution in [2.24, 2.45) is 9.98 Å². The molecule has 0 aromatic heterocycles. The van der Waals surface area contributed by atoms with Gasteiger partial charge in [0.2, 0.25) is 0 Å². The van der Waals surface area contributed by atoms with E-state index in [4.69, 9.17) is 11.5 Å². The van der Waals surface area contributed by atoms with Gasteiger partial charge in [-0.25, -0.2) is 0 Å². The quantitative estimate of drug-likeness (QED) is 0.0596. The molecule has 0 saturated carbocycles. The van der Waals surface area contributed by atoms with E-state index in [0.29, 0.717) is 46.2 Å². The van der Waals surface area contributed by atoms with Gasteiger partial charge in [0.1, 0.15) is 0 Å². The molecule has 0 unspecified atom stereocenters. The highest BCUT2D eigenvalue weighted by atomic mass is 32.2. The predicted molar refractivity (Wildman–Crippen MR) is 227 cm³/mol. The van der Waals surface area contributed by atoms with Gasteiger partial charge in [0.15, 0.2) is 11.9 Å². The summed E-state index contributed by atoms with van der Waals surface area (Å²) in [5.74, 6) is 1.68. The van der Waals surface area contributed by atoms with Crippen molar-refractivity contribution in [1.82, 2.24) is 21.3 Å². The number of hydrogen-bond acceptors (Lipinski definition) is 11. The summed E-state index contributed by atoms with van der Waals surface area (Å²) >= 11 is 1.57. The summed E-state index contributed by atoms with van der Waals surface area (Å²) in [5, 5.41) is 19.2. The van der Waals surface area contributed by atoms with E-state index in [9.17, 15) is 9.59 Å². The molecule has 12 nitrogen and oxygen atoms in total. The number of unbranched alkanes of at least 4 members (excludes halogenated alkanes) is 1. The van der Waals surface area contributed by atoms with Crippen molar-refractivity contribution >= 4 is 64.3 Å². The molecule has 3 aromatic carbocycles. The van der Waals surface area contributed by atoms with Crippen molar-refractivity contribution in [2.75, 3.05) is 67.1 Å². The standard InChI is InChI=1S/C41H56N10O2S/c1-40(2,3)28-22-31(42)30(13-8-7-9-14-44-38-45-15-16-46-38)33(24-28)50-36(52)26-11-10-12-27(21-26)37(53)51-34-25-29(41(4,5)6)23-32(43)35(34)54-20-19-49-39-47-17-18-48-39/h8,10-13,21-25H,7,9,14-20,42-43H2,1-6H3,(H,50,52)(H,51,53)(H2,44,45,46)(H2,47,48,49). The van der Waals surface area contributed by atoms with Gasteiger partial charge in [0.05, 0.1) is 29.4 Å². The minimum atomic E-state index is -0.345. The van der Waals surface area contributed by atoms with Crippen LogP contribution in [-0.4, -0.2) is 68.8 Å². The molecule has 5 rings (SSSR count). The number of carbonyl (C=O) groups excluding carboxylic acids is 2. The van der Waals surface area contributed by atoms with Crippen molar-refractivity contribution in [3.8, 4) is 0 Å². The van der Waals surface area contributed by atoms with E-state index in [-0.39, 0.29) is 22.6 Å². The van der Waals surface area contributed by atoms with Crippen LogP contribution in [0.25, 0.3) is 6.08 Å². The van der Waals surface area contributed by atoms with Crippen LogP contribution in [-0.2, 0) is 10.8 Å². The first-order valence-electron chi connectivity index (χ1n) is 18.6. The summed E-state index contributed by atoms with van der Waals surface area (Å²) in [4.78, 5) is 37.2. The minimum absolute atomic E-state index is 0.190. The third-order valence-corrected chi connectivity index (χ3v) is 10.2. The maximum absolute atomic E-state index is 13.8. The second kappa shape index (κ2) is 17.8. The summed E-state index contributed by atoms with van der Waals surface area (Å²) < 4.78 is 0. The van der Waals surface area contributed by atoms with Crippen LogP contribution in [0.15, 0.2) is 69.5 Å². The van der Waals surface area contributed by atoms with E-state index in [1.54, 1.807) is 36.0 Å². The number of amides is 2. The van der Waals surface area contributed by atoms with Gasteiger partial charge in [-0.3, -0.25) is 19.6 Å². The number of nitrogens with two attached hydrogens (primary N) is 2. The topological polar surface area (TPSA) is 183 Å². The molecule has 2 aliphatic rings. The number of nitrogens with one attached hydrogen (secondary N) is 6. The number of nitrogen functional groups attached to an aromatic ring is 2. The van der Waals surface area contributed by atoms with E-state index in [1.807, 2.05) is 30.3 Å². The van der Waals surface area contributed by atoms with E-state index < -0.39 is 0 Å². The van der Waals surface area contributed by atoms with Crippen LogP contribution >= 0.6 is 11.8 Å². The van der Waals surface area contributed by atoms with Crippen LogP contribution in [0.2, 0.25) is 0 Å². The van der Waals surface area contributed by atoms with Gasteiger partial charge < -0.3 is 43.4 Å². The van der Waals surface area contributed by atoms with Crippen molar-refractivity contribution in [3.05, 3.63) is 82.4 Å². The number of allylic oxidation sites excluding steroid dienone is 1. The van der Waals surface area contributed by atoms with Gasteiger partial charge in [-0.05, 0) is 77.3 Å². The first kappa shape index (κ1) is 40.0. The largest absolute Gasteiger partial charge is 0.398 e. The summed E-state index contributed by atoms with van der Waals surface area (Å²) in [6.45, 7) is 17.4. The van der Waals surface area contributed by atoms with Crippen LogP contribution < -0.4 is 43.4 Å². The zero-order valence-electron chi connectivity index (χ0n) is 32.4. The molecule has 54 heavy (non-hydrogen) atoms. The van der Waals surface area contributed by atoms with Gasteiger partial charge in [0.25, 0.3) is 11.8 Å². The van der Waals surface area contributed by atoms with Crippen molar-refractivity contribution in [2.45, 2.75) is 70.1 Å². The van der Waals surface area contributed by atoms with Crippen LogP contribution in [0, 0.1) is 0 Å². The molecule has 0 saturated heterocycles. The number of benzene rings is 3. The van der Waals surface area contributed by atoms with Crippen molar-refractivity contribution < 1.29 is 9.59 Å². The Kier molecular flexibility index (Phi) is 13.2. The summed E-state index contributed by atoms with van der Waals surface area (Å²) in [6, 6.07) is 14.6. The first-order chi connectivity index (χ1) is 25.7. The van der Waals surface area contributed by atoms with Gasteiger partial charge in [-0.2, -0.15) is 0 Å². The lowest BCUT2D eigenvalue weighted by atomic mass is 9.85. The second-order valence-corrected chi connectivity index (χ2v) is 16.6. The van der Waals surface area contributed by atoms with Crippen LogP contribution in [0.5, 0.6) is 0 Å². The Morgan fingerprint density at radius 2 is 1.33 bits per heavy atom. The zero-order chi connectivity index (χ0) is 38.9. The van der Waals surface area contributed by atoms with E-state index in [1.165, 1.54) is 0 Å². The lowest BCUT2D eigenvalue weighted by Crippen LogP contribution is -2.35. The number of carbonyl (C=O) groups is 2. The monoisotopic (exact) mass is 752 g/mol. The molecular formula is C41H56N10O2S. The number of aliphatic imine (C=N–C) groups is 2. The molecule has 2 heterocycles. The molecule has 0 aliphatic carbocycles. The molecular weight excluding hydrogens is 697 g/mol. The maximum Gasteiger partial charge on any atom is 0.255 e. The average molecular weight is 753 g/mol. The first-order valence-corrected chi connectivity index (χ1v) is 19.6. The van der Waals surface area contributed by atoms with Crippen molar-refractivity contribution in [3.63, 3.8) is 0 Å². The van der Waals surface area contributed by atoms with Gasteiger partial charge in [-0.1, -0.05) is 59.8 Å². The van der Waals surface area contributed by atoms with E-state index in [0.717, 1.165) is 79.1 Å². The van der Waals surface area contributed by atoms with Gasteiger partial charge in [0, 0.05) is 60.0 Å². The Hall–Kier alpha value is -5.17.